The van der Waals surface area contributed by atoms with Crippen LogP contribution in [0.1, 0.15) is 12.7 Å². The Balaban J connectivity index is 2.02. The van der Waals surface area contributed by atoms with Crippen molar-refractivity contribution in [3.63, 3.8) is 0 Å². The minimum absolute atomic E-state index is 0.858. The molecule has 0 amide bonds. The zero-order valence-electron chi connectivity index (χ0n) is 12.0. The number of pyridine rings is 1. The molecule has 104 valence electrons. The number of rotatable bonds is 4. The van der Waals surface area contributed by atoms with Gasteiger partial charge in [0.1, 0.15) is 5.82 Å². The summed E-state index contributed by atoms with van der Waals surface area (Å²) in [6.07, 6.45) is 3.98. The van der Waals surface area contributed by atoms with Gasteiger partial charge >= 0.3 is 0 Å². The van der Waals surface area contributed by atoms with E-state index in [1.165, 1.54) is 9.58 Å². The fourth-order valence-electron chi connectivity index (χ4n) is 2.25. The number of fused-ring (bicyclic) bond motifs is 1. The van der Waals surface area contributed by atoms with E-state index in [0.29, 0.717) is 0 Å². The van der Waals surface area contributed by atoms with Gasteiger partial charge in [-0.05, 0) is 39.2 Å². The van der Waals surface area contributed by atoms with Gasteiger partial charge in [0.15, 0.2) is 0 Å². The summed E-state index contributed by atoms with van der Waals surface area (Å²) in [6.45, 7) is 3.95. The summed E-state index contributed by atoms with van der Waals surface area (Å²) < 4.78 is 3.43. The van der Waals surface area contributed by atoms with Gasteiger partial charge in [-0.15, -0.1) is 11.3 Å². The van der Waals surface area contributed by atoms with Crippen molar-refractivity contribution in [2.75, 3.05) is 14.1 Å². The molecule has 3 aromatic heterocycles. The second kappa shape index (κ2) is 5.34. The average Bonchev–Trinajstić information content (AvgIpc) is 3.00. The Morgan fingerprint density at radius 2 is 2.20 bits per heavy atom. The molecule has 0 aliphatic rings. The number of thiophene rings is 1. The van der Waals surface area contributed by atoms with Crippen LogP contribution in [0.4, 0.5) is 0 Å². The molecule has 0 bridgehead atoms. The van der Waals surface area contributed by atoms with Crippen LogP contribution in [-0.2, 0) is 13.1 Å². The third kappa shape index (κ3) is 2.46. The van der Waals surface area contributed by atoms with E-state index in [2.05, 4.69) is 53.8 Å². The zero-order chi connectivity index (χ0) is 14.1. The maximum Gasteiger partial charge on any atom is 0.123 e. The molecule has 0 fully saturated rings. The third-order valence-electron chi connectivity index (χ3n) is 3.20. The molecule has 0 aliphatic heterocycles. The highest BCUT2D eigenvalue weighted by Crippen LogP contribution is 2.31. The van der Waals surface area contributed by atoms with E-state index in [-0.39, 0.29) is 0 Å². The lowest BCUT2D eigenvalue weighted by Crippen LogP contribution is -2.15. The largest absolute Gasteiger partial charge is 0.333 e. The summed E-state index contributed by atoms with van der Waals surface area (Å²) in [6, 6.07) is 6.21. The van der Waals surface area contributed by atoms with Crippen LogP contribution in [0.5, 0.6) is 0 Å². The highest BCUT2D eigenvalue weighted by molar-refractivity contribution is 7.22. The van der Waals surface area contributed by atoms with Crippen LogP contribution in [0, 0.1) is 0 Å². The quantitative estimate of drug-likeness (QED) is 0.738. The number of aryl methyl sites for hydroxylation is 1. The molecular weight excluding hydrogens is 268 g/mol. The first-order valence-electron chi connectivity index (χ1n) is 6.73. The monoisotopic (exact) mass is 286 g/mol. The molecular formula is C15H18N4S. The van der Waals surface area contributed by atoms with Crippen LogP contribution in [0.2, 0.25) is 0 Å². The van der Waals surface area contributed by atoms with Crippen molar-refractivity contribution < 1.29 is 0 Å². The van der Waals surface area contributed by atoms with E-state index in [9.17, 15) is 0 Å². The molecule has 0 aliphatic carbocycles. The smallest absolute Gasteiger partial charge is 0.123 e. The maximum absolute atomic E-state index is 4.79. The number of aromatic nitrogens is 3. The van der Waals surface area contributed by atoms with Crippen molar-refractivity contribution in [3.05, 3.63) is 36.4 Å². The Hall–Kier alpha value is -1.72. The van der Waals surface area contributed by atoms with Crippen LogP contribution in [0.15, 0.2) is 30.6 Å². The summed E-state index contributed by atoms with van der Waals surface area (Å²) in [5.41, 5.74) is 2.10. The molecule has 0 aromatic carbocycles. The Bertz CT molecular complexity index is 693. The van der Waals surface area contributed by atoms with Crippen molar-refractivity contribution in [1.29, 1.82) is 0 Å². The van der Waals surface area contributed by atoms with Crippen LogP contribution < -0.4 is 0 Å². The SMILES string of the molecule is CCn1cc(-c2cc3ncccc3s2)nc1CN(C)C. The van der Waals surface area contributed by atoms with Crippen molar-refractivity contribution in [1.82, 2.24) is 19.4 Å². The number of hydrogen-bond donors (Lipinski definition) is 0. The van der Waals surface area contributed by atoms with E-state index >= 15 is 0 Å². The molecule has 0 unspecified atom stereocenters. The first-order valence-corrected chi connectivity index (χ1v) is 7.54. The predicted octanol–water partition coefficient (Wildman–Crippen LogP) is 3.24. The summed E-state index contributed by atoms with van der Waals surface area (Å²) in [5.74, 6) is 1.11. The lowest BCUT2D eigenvalue weighted by Gasteiger charge is -2.09. The molecule has 3 heterocycles. The normalized spacial score (nSPS) is 11.6. The minimum Gasteiger partial charge on any atom is -0.333 e. The number of nitrogens with zero attached hydrogens (tertiary/aromatic N) is 4. The predicted molar refractivity (Wildman–Crippen MR) is 83.9 cm³/mol. The molecule has 4 nitrogen and oxygen atoms in total. The molecule has 0 atom stereocenters. The summed E-state index contributed by atoms with van der Waals surface area (Å²) in [5, 5.41) is 0. The summed E-state index contributed by atoms with van der Waals surface area (Å²) in [4.78, 5) is 12.5. The molecule has 0 spiro atoms. The average molecular weight is 286 g/mol. The van der Waals surface area contributed by atoms with Crippen molar-refractivity contribution in [3.8, 4) is 10.6 Å². The van der Waals surface area contributed by atoms with E-state index in [4.69, 9.17) is 4.98 Å². The van der Waals surface area contributed by atoms with E-state index in [0.717, 1.165) is 30.1 Å². The van der Waals surface area contributed by atoms with Gasteiger partial charge in [0.2, 0.25) is 0 Å². The van der Waals surface area contributed by atoms with Crippen molar-refractivity contribution in [2.24, 2.45) is 0 Å². The van der Waals surface area contributed by atoms with E-state index < -0.39 is 0 Å². The van der Waals surface area contributed by atoms with Gasteiger partial charge in [-0.1, -0.05) is 0 Å². The second-order valence-electron chi connectivity index (χ2n) is 5.06. The Morgan fingerprint density at radius 1 is 1.35 bits per heavy atom. The van der Waals surface area contributed by atoms with Crippen LogP contribution in [0.25, 0.3) is 20.8 Å². The lowest BCUT2D eigenvalue weighted by atomic mass is 10.3. The van der Waals surface area contributed by atoms with Gasteiger partial charge in [-0.25, -0.2) is 4.98 Å². The molecule has 0 saturated heterocycles. The van der Waals surface area contributed by atoms with Gasteiger partial charge in [-0.2, -0.15) is 0 Å². The Morgan fingerprint density at radius 3 is 2.90 bits per heavy atom. The maximum atomic E-state index is 4.79. The fourth-order valence-corrected chi connectivity index (χ4v) is 3.22. The Labute approximate surface area is 122 Å². The fraction of sp³-hybridized carbons (Fsp3) is 0.333. The first-order chi connectivity index (χ1) is 9.67. The molecule has 0 radical (unpaired) electrons. The third-order valence-corrected chi connectivity index (χ3v) is 4.31. The molecule has 0 saturated carbocycles. The van der Waals surface area contributed by atoms with Gasteiger partial charge in [0, 0.05) is 18.9 Å². The molecule has 3 rings (SSSR count). The lowest BCUT2D eigenvalue weighted by molar-refractivity contribution is 0.382. The highest BCUT2D eigenvalue weighted by atomic mass is 32.1. The molecule has 5 heteroatoms. The highest BCUT2D eigenvalue weighted by Gasteiger charge is 2.12. The van der Waals surface area contributed by atoms with Gasteiger partial charge in [-0.3, -0.25) is 4.98 Å². The van der Waals surface area contributed by atoms with Crippen molar-refractivity contribution in [2.45, 2.75) is 20.0 Å². The minimum atomic E-state index is 0.858. The topological polar surface area (TPSA) is 34.0 Å². The molecule has 20 heavy (non-hydrogen) atoms. The van der Waals surface area contributed by atoms with Crippen LogP contribution >= 0.6 is 11.3 Å². The second-order valence-corrected chi connectivity index (χ2v) is 6.15. The van der Waals surface area contributed by atoms with Gasteiger partial charge in [0.05, 0.1) is 27.3 Å². The summed E-state index contributed by atoms with van der Waals surface area (Å²) >= 11 is 1.75. The van der Waals surface area contributed by atoms with Gasteiger partial charge in [0.25, 0.3) is 0 Å². The van der Waals surface area contributed by atoms with Crippen LogP contribution in [0.3, 0.4) is 0 Å². The molecule has 3 aromatic rings. The summed E-state index contributed by atoms with van der Waals surface area (Å²) in [7, 11) is 4.13. The first kappa shape index (κ1) is 13.3. The molecule has 0 N–H and O–H groups in total. The Kier molecular flexibility index (Phi) is 3.54. The number of hydrogen-bond acceptors (Lipinski definition) is 4. The number of imidazole rings is 1. The van der Waals surface area contributed by atoms with Gasteiger partial charge < -0.3 is 9.47 Å². The van der Waals surface area contributed by atoms with E-state index in [1.54, 1.807) is 11.3 Å². The van der Waals surface area contributed by atoms with Crippen LogP contribution in [-0.4, -0.2) is 33.5 Å². The van der Waals surface area contributed by atoms with E-state index in [1.807, 2.05) is 12.3 Å². The zero-order valence-corrected chi connectivity index (χ0v) is 12.8. The standard InChI is InChI=1S/C15H18N4S/c1-4-19-9-12(17-15(19)10-18(2)3)14-8-11-13(20-14)6-5-7-16-11/h5-9H,4,10H2,1-3H3. The van der Waals surface area contributed by atoms with Crippen molar-refractivity contribution >= 4 is 21.6 Å².